The lowest BCUT2D eigenvalue weighted by molar-refractivity contribution is -0.141. The fourth-order valence-corrected chi connectivity index (χ4v) is 3.17. The van der Waals surface area contributed by atoms with Gasteiger partial charge in [-0.3, -0.25) is 19.3 Å². The number of amides is 4. The van der Waals surface area contributed by atoms with E-state index in [1.54, 1.807) is 0 Å². The maximum atomic E-state index is 12.5. The Morgan fingerprint density at radius 1 is 1.28 bits per heavy atom. The van der Waals surface area contributed by atoms with Gasteiger partial charge >= 0.3 is 12.0 Å². The lowest BCUT2D eigenvalue weighted by Crippen LogP contribution is -2.41. The predicted molar refractivity (Wildman–Crippen MR) is 86.4 cm³/mol. The zero-order chi connectivity index (χ0) is 18.1. The molecule has 25 heavy (non-hydrogen) atoms. The highest BCUT2D eigenvalue weighted by Crippen LogP contribution is 2.29. The molecule has 1 aromatic rings. The number of carbonyl (C=O) groups excluding carboxylic acids is 3. The highest BCUT2D eigenvalue weighted by Gasteiger charge is 2.46. The van der Waals surface area contributed by atoms with Crippen LogP contribution in [0.5, 0.6) is 0 Å². The van der Waals surface area contributed by atoms with Crippen LogP contribution in [-0.4, -0.2) is 57.3 Å². The largest absolute Gasteiger partial charge is 0.480 e. The number of carbonyl (C=O) groups is 4. The summed E-state index contributed by atoms with van der Waals surface area (Å²) in [6.45, 7) is 1.67. The highest BCUT2D eigenvalue weighted by molar-refractivity contribution is 6.04. The molecule has 3 rings (SSSR count). The van der Waals surface area contributed by atoms with Crippen molar-refractivity contribution in [2.24, 2.45) is 0 Å². The molecule has 0 radical (unpaired) electrons. The second-order valence-electron chi connectivity index (χ2n) is 6.27. The molecular weight excluding hydrogens is 326 g/mol. The van der Waals surface area contributed by atoms with E-state index in [1.165, 1.54) is 11.8 Å². The summed E-state index contributed by atoms with van der Waals surface area (Å²) in [6, 6.07) is 5.75. The number of benzene rings is 1. The Hall–Kier alpha value is -2.90. The summed E-state index contributed by atoms with van der Waals surface area (Å²) in [6.07, 6.45) is 0.349. The molecule has 1 fully saturated rings. The van der Waals surface area contributed by atoms with E-state index >= 15 is 0 Å². The quantitative estimate of drug-likeness (QED) is 0.749. The molecule has 2 aliphatic heterocycles. The predicted octanol–water partition coefficient (Wildman–Crippen LogP) is 0.355. The average molecular weight is 345 g/mol. The number of aliphatic carboxylic acids is 1. The molecule has 0 saturated carbocycles. The van der Waals surface area contributed by atoms with Gasteiger partial charge in [0.25, 0.3) is 5.91 Å². The van der Waals surface area contributed by atoms with Crippen molar-refractivity contribution in [2.75, 3.05) is 6.54 Å². The van der Waals surface area contributed by atoms with E-state index in [4.69, 9.17) is 5.11 Å². The Morgan fingerprint density at radius 2 is 1.96 bits per heavy atom. The second-order valence-corrected chi connectivity index (χ2v) is 6.27. The van der Waals surface area contributed by atoms with Crippen LogP contribution in [0, 0.1) is 0 Å². The first-order valence-corrected chi connectivity index (χ1v) is 8.09. The number of urea groups is 1. The van der Waals surface area contributed by atoms with E-state index in [-0.39, 0.29) is 18.9 Å². The summed E-state index contributed by atoms with van der Waals surface area (Å²) >= 11 is 0. The van der Waals surface area contributed by atoms with Crippen LogP contribution in [0.4, 0.5) is 4.79 Å². The third kappa shape index (κ3) is 3.19. The fraction of sp³-hybridized carbons (Fsp3) is 0.412. The molecule has 2 heterocycles. The van der Waals surface area contributed by atoms with Crippen LogP contribution in [0.25, 0.3) is 0 Å². The van der Waals surface area contributed by atoms with Gasteiger partial charge < -0.3 is 15.3 Å². The van der Waals surface area contributed by atoms with Crippen molar-refractivity contribution >= 4 is 23.8 Å². The van der Waals surface area contributed by atoms with Gasteiger partial charge in [0.1, 0.15) is 12.1 Å². The summed E-state index contributed by atoms with van der Waals surface area (Å²) in [5.74, 6) is -1.96. The third-order valence-electron chi connectivity index (χ3n) is 4.59. The molecule has 0 bridgehead atoms. The van der Waals surface area contributed by atoms with E-state index < -0.39 is 30.0 Å². The van der Waals surface area contributed by atoms with Crippen molar-refractivity contribution in [3.05, 3.63) is 35.4 Å². The van der Waals surface area contributed by atoms with E-state index in [2.05, 4.69) is 5.32 Å². The van der Waals surface area contributed by atoms with Crippen molar-refractivity contribution in [1.82, 2.24) is 15.1 Å². The molecule has 8 heteroatoms. The maximum Gasteiger partial charge on any atom is 0.327 e. The van der Waals surface area contributed by atoms with Gasteiger partial charge in [-0.15, -0.1) is 0 Å². The average Bonchev–Trinajstić information content (AvgIpc) is 2.81. The molecule has 2 N–H and O–H groups in total. The summed E-state index contributed by atoms with van der Waals surface area (Å²) in [4.78, 5) is 50.2. The first-order valence-electron chi connectivity index (χ1n) is 8.09. The SMILES string of the molecule is C[C@H](NC(=O)CCN1C(=O)[C@H]2Cc3ccccc3CN2C1=O)C(=O)O. The molecule has 1 aromatic carbocycles. The molecule has 8 nitrogen and oxygen atoms in total. The Morgan fingerprint density at radius 3 is 2.64 bits per heavy atom. The van der Waals surface area contributed by atoms with Crippen LogP contribution in [0.2, 0.25) is 0 Å². The number of carboxylic acids is 1. The van der Waals surface area contributed by atoms with Gasteiger partial charge in [0.05, 0.1) is 0 Å². The number of carboxylic acid groups (broad SMARTS) is 1. The van der Waals surface area contributed by atoms with Crippen molar-refractivity contribution < 1.29 is 24.3 Å². The molecule has 0 unspecified atom stereocenters. The number of fused-ring (bicyclic) bond motifs is 2. The number of hydrogen-bond donors (Lipinski definition) is 2. The van der Waals surface area contributed by atoms with Gasteiger partial charge in [0.15, 0.2) is 0 Å². The minimum absolute atomic E-state index is 0.0564. The second kappa shape index (κ2) is 6.54. The molecule has 4 amide bonds. The van der Waals surface area contributed by atoms with E-state index in [1.807, 2.05) is 24.3 Å². The van der Waals surface area contributed by atoms with Crippen molar-refractivity contribution in [3.63, 3.8) is 0 Å². The van der Waals surface area contributed by atoms with Crippen LogP contribution >= 0.6 is 0 Å². The number of rotatable bonds is 5. The lowest BCUT2D eigenvalue weighted by Gasteiger charge is -2.28. The van der Waals surface area contributed by atoms with E-state index in [0.29, 0.717) is 13.0 Å². The van der Waals surface area contributed by atoms with Gasteiger partial charge in [-0.2, -0.15) is 0 Å². The summed E-state index contributed by atoms with van der Waals surface area (Å²) in [7, 11) is 0. The van der Waals surface area contributed by atoms with Crippen molar-refractivity contribution in [3.8, 4) is 0 Å². The summed E-state index contributed by atoms with van der Waals surface area (Å²) in [5.41, 5.74) is 2.08. The van der Waals surface area contributed by atoms with Gasteiger partial charge in [-0.1, -0.05) is 24.3 Å². The van der Waals surface area contributed by atoms with Crippen LogP contribution in [0.15, 0.2) is 24.3 Å². The van der Waals surface area contributed by atoms with Gasteiger partial charge in [-0.25, -0.2) is 4.79 Å². The zero-order valence-corrected chi connectivity index (χ0v) is 13.8. The molecular formula is C17H19N3O5. The summed E-state index contributed by atoms with van der Waals surface area (Å²) < 4.78 is 0. The van der Waals surface area contributed by atoms with Crippen LogP contribution in [0.1, 0.15) is 24.5 Å². The first kappa shape index (κ1) is 16.9. The Kier molecular flexibility index (Phi) is 4.43. The number of nitrogens with one attached hydrogen (secondary N) is 1. The smallest absolute Gasteiger partial charge is 0.327 e. The van der Waals surface area contributed by atoms with Gasteiger partial charge in [0, 0.05) is 25.9 Å². The van der Waals surface area contributed by atoms with Gasteiger partial charge in [-0.05, 0) is 18.1 Å². The van der Waals surface area contributed by atoms with Crippen molar-refractivity contribution in [1.29, 1.82) is 0 Å². The minimum Gasteiger partial charge on any atom is -0.480 e. The third-order valence-corrected chi connectivity index (χ3v) is 4.59. The minimum atomic E-state index is -1.14. The Labute approximate surface area is 144 Å². The van der Waals surface area contributed by atoms with Crippen molar-refractivity contribution in [2.45, 2.75) is 38.4 Å². The molecule has 1 saturated heterocycles. The van der Waals surface area contributed by atoms with E-state index in [0.717, 1.165) is 16.0 Å². The molecule has 132 valence electrons. The lowest BCUT2D eigenvalue weighted by atomic mass is 9.95. The Bertz CT molecular complexity index is 705. The van der Waals surface area contributed by atoms with E-state index in [9.17, 15) is 19.2 Å². The van der Waals surface area contributed by atoms with Crippen LogP contribution < -0.4 is 5.32 Å². The maximum absolute atomic E-state index is 12.5. The van der Waals surface area contributed by atoms with Crippen LogP contribution in [-0.2, 0) is 27.3 Å². The Balaban J connectivity index is 1.64. The number of hydrogen-bond acceptors (Lipinski definition) is 4. The monoisotopic (exact) mass is 345 g/mol. The normalized spacial score (nSPS) is 20.1. The molecule has 2 atom stereocenters. The van der Waals surface area contributed by atoms with Gasteiger partial charge in [0.2, 0.25) is 5.91 Å². The standard InChI is InChI=1S/C17H19N3O5/c1-10(16(23)24)18-14(21)6-7-19-15(22)13-8-11-4-2-3-5-12(11)9-20(13)17(19)25/h2-5,10,13H,6-9H2,1H3,(H,18,21)(H,23,24)/t10-,13+/m0/s1. The zero-order valence-electron chi connectivity index (χ0n) is 13.8. The number of nitrogens with zero attached hydrogens (tertiary/aromatic N) is 2. The molecule has 0 aromatic heterocycles. The topological polar surface area (TPSA) is 107 Å². The molecule has 2 aliphatic rings. The fourth-order valence-electron chi connectivity index (χ4n) is 3.17. The summed E-state index contributed by atoms with van der Waals surface area (Å²) in [5, 5.41) is 11.1. The first-order chi connectivity index (χ1) is 11.9. The van der Waals surface area contributed by atoms with Crippen LogP contribution in [0.3, 0.4) is 0 Å². The highest BCUT2D eigenvalue weighted by atomic mass is 16.4. The number of imide groups is 1. The molecule has 0 aliphatic carbocycles. The molecule has 0 spiro atoms.